The Morgan fingerprint density at radius 2 is 1.73 bits per heavy atom. The first kappa shape index (κ1) is 19.3. The monoisotopic (exact) mass is 358 g/mol. The second kappa shape index (κ2) is 8.89. The molecule has 0 spiro atoms. The first-order valence-electron chi connectivity index (χ1n) is 8.09. The minimum atomic E-state index is -0.357. The lowest BCUT2D eigenvalue weighted by atomic mass is 9.95. The van der Waals surface area contributed by atoms with Crippen molar-refractivity contribution in [2.24, 2.45) is 0 Å². The molecule has 26 heavy (non-hydrogen) atoms. The fourth-order valence-electron chi connectivity index (χ4n) is 2.63. The number of esters is 1. The van der Waals surface area contributed by atoms with E-state index in [-0.39, 0.29) is 19.2 Å². The fourth-order valence-corrected chi connectivity index (χ4v) is 2.63. The molecule has 0 aliphatic carbocycles. The third-order valence-electron chi connectivity index (χ3n) is 3.91. The lowest BCUT2D eigenvalue weighted by molar-refractivity contribution is -0.141. The molecule has 6 heteroatoms. The maximum absolute atomic E-state index is 11.3. The van der Waals surface area contributed by atoms with Crippen LogP contribution in [0, 0.1) is 6.92 Å². The van der Waals surface area contributed by atoms with Crippen LogP contribution in [0.5, 0.6) is 17.2 Å². The molecule has 2 aromatic carbocycles. The largest absolute Gasteiger partial charge is 0.496 e. The molecule has 0 saturated heterocycles. The minimum Gasteiger partial charge on any atom is -0.496 e. The quantitative estimate of drug-likeness (QED) is 0.409. The lowest BCUT2D eigenvalue weighted by Crippen LogP contribution is -2.09. The van der Waals surface area contributed by atoms with Crippen molar-refractivity contribution in [2.75, 3.05) is 27.4 Å². The van der Waals surface area contributed by atoms with Crippen molar-refractivity contribution < 1.29 is 28.5 Å². The molecule has 2 aromatic rings. The molecule has 6 nitrogen and oxygen atoms in total. The summed E-state index contributed by atoms with van der Waals surface area (Å²) in [4.78, 5) is 22.0. The van der Waals surface area contributed by atoms with Crippen molar-refractivity contribution in [1.82, 2.24) is 0 Å². The third-order valence-corrected chi connectivity index (χ3v) is 3.91. The average molecular weight is 358 g/mol. The van der Waals surface area contributed by atoms with Gasteiger partial charge in [-0.15, -0.1) is 0 Å². The fraction of sp³-hybridized carbons (Fsp3) is 0.300. The Balaban J connectivity index is 2.41. The van der Waals surface area contributed by atoms with Crippen molar-refractivity contribution in [3.63, 3.8) is 0 Å². The Hall–Kier alpha value is -3.02. The maximum atomic E-state index is 11.3. The molecule has 0 aliphatic rings. The van der Waals surface area contributed by atoms with E-state index in [1.807, 2.05) is 19.1 Å². The number of rotatable bonds is 8. The summed E-state index contributed by atoms with van der Waals surface area (Å²) in [7, 11) is 3.11. The number of methoxy groups -OCH3 is 2. The molecule has 0 bridgehead atoms. The van der Waals surface area contributed by atoms with Crippen LogP contribution in [0.3, 0.4) is 0 Å². The van der Waals surface area contributed by atoms with Crippen LogP contribution in [0.4, 0.5) is 0 Å². The molecule has 138 valence electrons. The summed E-state index contributed by atoms with van der Waals surface area (Å²) in [5, 5.41) is 0. The van der Waals surface area contributed by atoms with E-state index in [0.29, 0.717) is 22.8 Å². The van der Waals surface area contributed by atoms with Gasteiger partial charge in [-0.25, -0.2) is 0 Å². The first-order chi connectivity index (χ1) is 12.5. The minimum absolute atomic E-state index is 0.155. The predicted octanol–water partition coefficient (Wildman–Crippen LogP) is 3.43. The van der Waals surface area contributed by atoms with Crippen molar-refractivity contribution in [1.29, 1.82) is 0 Å². The molecular weight excluding hydrogens is 336 g/mol. The standard InChI is InChI=1S/C20H22O6/c1-13-15(12-21)6-5-7-17(13)20-18(23-3)10-16(11-19(20)24-4)26-9-8-25-14(2)22/h5-7,10-12H,8-9H2,1-4H3. The van der Waals surface area contributed by atoms with Gasteiger partial charge in [0.15, 0.2) is 0 Å². The highest BCUT2D eigenvalue weighted by molar-refractivity contribution is 5.87. The van der Waals surface area contributed by atoms with E-state index in [1.54, 1.807) is 32.4 Å². The van der Waals surface area contributed by atoms with Crippen LogP contribution in [-0.2, 0) is 9.53 Å². The van der Waals surface area contributed by atoms with Gasteiger partial charge in [0.25, 0.3) is 0 Å². The van der Waals surface area contributed by atoms with Crippen LogP contribution < -0.4 is 14.2 Å². The number of hydrogen-bond donors (Lipinski definition) is 0. The van der Waals surface area contributed by atoms with Gasteiger partial charge in [0, 0.05) is 24.6 Å². The molecule has 0 fully saturated rings. The highest BCUT2D eigenvalue weighted by Gasteiger charge is 2.18. The smallest absolute Gasteiger partial charge is 0.302 e. The van der Waals surface area contributed by atoms with Crippen LogP contribution in [-0.4, -0.2) is 39.7 Å². The second-order valence-corrected chi connectivity index (χ2v) is 5.53. The van der Waals surface area contributed by atoms with Gasteiger partial charge < -0.3 is 18.9 Å². The summed E-state index contributed by atoms with van der Waals surface area (Å²) >= 11 is 0. The summed E-state index contributed by atoms with van der Waals surface area (Å²) in [6.07, 6.45) is 0.824. The van der Waals surface area contributed by atoms with Crippen LogP contribution in [0.25, 0.3) is 11.1 Å². The summed E-state index contributed by atoms with van der Waals surface area (Å²) in [5.41, 5.74) is 3.02. The van der Waals surface area contributed by atoms with Crippen molar-refractivity contribution in [2.45, 2.75) is 13.8 Å². The normalized spacial score (nSPS) is 10.2. The Morgan fingerprint density at radius 1 is 1.08 bits per heavy atom. The number of ether oxygens (including phenoxy) is 4. The summed E-state index contributed by atoms with van der Waals surface area (Å²) in [6, 6.07) is 8.95. The van der Waals surface area contributed by atoms with Gasteiger partial charge in [-0.2, -0.15) is 0 Å². The maximum Gasteiger partial charge on any atom is 0.302 e. The summed E-state index contributed by atoms with van der Waals surface area (Å²) in [6.45, 7) is 3.59. The molecule has 0 N–H and O–H groups in total. The van der Waals surface area contributed by atoms with Gasteiger partial charge in [0.05, 0.1) is 19.8 Å². The zero-order valence-electron chi connectivity index (χ0n) is 15.3. The number of hydrogen-bond acceptors (Lipinski definition) is 6. The second-order valence-electron chi connectivity index (χ2n) is 5.53. The van der Waals surface area contributed by atoms with E-state index in [4.69, 9.17) is 18.9 Å². The summed E-state index contributed by atoms with van der Waals surface area (Å²) < 4.78 is 21.5. The predicted molar refractivity (Wildman–Crippen MR) is 97.2 cm³/mol. The van der Waals surface area contributed by atoms with Crippen LogP contribution in [0.2, 0.25) is 0 Å². The SMILES string of the molecule is COc1cc(OCCOC(C)=O)cc(OC)c1-c1cccc(C=O)c1C. The number of aldehydes is 1. The highest BCUT2D eigenvalue weighted by Crippen LogP contribution is 2.43. The van der Waals surface area contributed by atoms with E-state index in [0.717, 1.165) is 23.0 Å². The Labute approximate surface area is 152 Å². The van der Waals surface area contributed by atoms with Gasteiger partial charge in [-0.1, -0.05) is 18.2 Å². The molecule has 0 unspecified atom stereocenters. The molecule has 0 heterocycles. The van der Waals surface area contributed by atoms with Crippen LogP contribution >= 0.6 is 0 Å². The molecule has 2 rings (SSSR count). The summed E-state index contributed by atoms with van der Waals surface area (Å²) in [5.74, 6) is 1.28. The average Bonchev–Trinajstić information content (AvgIpc) is 2.64. The Bertz CT molecular complexity index is 772. The number of carbonyl (C=O) groups is 2. The van der Waals surface area contributed by atoms with Gasteiger partial charge in [-0.05, 0) is 18.1 Å². The third kappa shape index (κ3) is 4.33. The van der Waals surface area contributed by atoms with Gasteiger partial charge >= 0.3 is 5.97 Å². The highest BCUT2D eigenvalue weighted by atomic mass is 16.6. The van der Waals surface area contributed by atoms with E-state index in [2.05, 4.69) is 0 Å². The molecule has 0 atom stereocenters. The molecule has 0 saturated carbocycles. The topological polar surface area (TPSA) is 71.1 Å². The van der Waals surface area contributed by atoms with Gasteiger partial charge in [-0.3, -0.25) is 9.59 Å². The van der Waals surface area contributed by atoms with Crippen molar-refractivity contribution >= 4 is 12.3 Å². The van der Waals surface area contributed by atoms with Gasteiger partial charge in [0.2, 0.25) is 0 Å². The number of benzene rings is 2. The zero-order valence-corrected chi connectivity index (χ0v) is 15.3. The molecule has 0 amide bonds. The van der Waals surface area contributed by atoms with E-state index < -0.39 is 0 Å². The molecule has 0 aliphatic heterocycles. The van der Waals surface area contributed by atoms with E-state index >= 15 is 0 Å². The zero-order chi connectivity index (χ0) is 19.1. The number of carbonyl (C=O) groups excluding carboxylic acids is 2. The van der Waals surface area contributed by atoms with Crippen molar-refractivity contribution in [3.8, 4) is 28.4 Å². The van der Waals surface area contributed by atoms with E-state index in [9.17, 15) is 9.59 Å². The van der Waals surface area contributed by atoms with Crippen LogP contribution in [0.1, 0.15) is 22.8 Å². The Kier molecular flexibility index (Phi) is 6.60. The van der Waals surface area contributed by atoms with E-state index in [1.165, 1.54) is 6.92 Å². The molecule has 0 aromatic heterocycles. The molecular formula is C20H22O6. The van der Waals surface area contributed by atoms with Crippen LogP contribution in [0.15, 0.2) is 30.3 Å². The Morgan fingerprint density at radius 3 is 2.27 bits per heavy atom. The molecule has 0 radical (unpaired) electrons. The van der Waals surface area contributed by atoms with Gasteiger partial charge in [0.1, 0.15) is 36.7 Å². The first-order valence-corrected chi connectivity index (χ1v) is 8.09. The van der Waals surface area contributed by atoms with Crippen molar-refractivity contribution in [3.05, 3.63) is 41.5 Å². The lowest BCUT2D eigenvalue weighted by Gasteiger charge is -2.18.